The van der Waals surface area contributed by atoms with Gasteiger partial charge >= 0.3 is 6.18 Å². The van der Waals surface area contributed by atoms with Crippen molar-refractivity contribution in [1.29, 1.82) is 0 Å². The van der Waals surface area contributed by atoms with Crippen molar-refractivity contribution >= 4 is 26.7 Å². The summed E-state index contributed by atoms with van der Waals surface area (Å²) in [6.45, 7) is 0.298. The minimum atomic E-state index is -4.39. The molecule has 0 fully saturated rings. The number of anilines is 1. The summed E-state index contributed by atoms with van der Waals surface area (Å²) >= 11 is 1.23. The van der Waals surface area contributed by atoms with Crippen LogP contribution in [-0.2, 0) is 6.18 Å². The van der Waals surface area contributed by atoms with Gasteiger partial charge in [-0.15, -0.1) is 0 Å². The molecule has 2 aromatic rings. The highest BCUT2D eigenvalue weighted by Gasteiger charge is 2.30. The van der Waals surface area contributed by atoms with Gasteiger partial charge in [-0.05, 0) is 18.2 Å². The van der Waals surface area contributed by atoms with Crippen molar-refractivity contribution in [2.45, 2.75) is 6.18 Å². The van der Waals surface area contributed by atoms with Gasteiger partial charge in [0.15, 0.2) is 5.13 Å². The molecule has 1 aromatic carbocycles. The third kappa shape index (κ3) is 3.20. The number of hydrogen-bond donors (Lipinski definition) is 2. The fraction of sp³-hybridized carbons (Fsp3) is 0.417. The largest absolute Gasteiger partial charge is 0.416 e. The van der Waals surface area contributed by atoms with E-state index in [1.807, 2.05) is 0 Å². The number of halogens is 3. The van der Waals surface area contributed by atoms with E-state index in [1.54, 1.807) is 4.90 Å². The molecule has 0 saturated carbocycles. The van der Waals surface area contributed by atoms with Crippen LogP contribution in [0.4, 0.5) is 18.3 Å². The summed E-state index contributed by atoms with van der Waals surface area (Å²) in [6.07, 6.45) is -4.39. The smallest absolute Gasteiger partial charge is 0.395 e. The van der Waals surface area contributed by atoms with Crippen LogP contribution in [0, 0.1) is 0 Å². The molecule has 2 rings (SSSR count). The molecule has 2 N–H and O–H groups in total. The fourth-order valence-electron chi connectivity index (χ4n) is 1.77. The monoisotopic (exact) mass is 306 g/mol. The predicted molar refractivity (Wildman–Crippen MR) is 71.0 cm³/mol. The number of aromatic nitrogens is 1. The van der Waals surface area contributed by atoms with E-state index in [1.165, 1.54) is 17.4 Å². The average Bonchev–Trinajstić information content (AvgIpc) is 2.80. The number of rotatable bonds is 5. The summed E-state index contributed by atoms with van der Waals surface area (Å²) in [5.41, 5.74) is -0.474. The van der Waals surface area contributed by atoms with Gasteiger partial charge in [0.25, 0.3) is 0 Å². The van der Waals surface area contributed by atoms with E-state index in [0.717, 1.165) is 12.1 Å². The molecule has 0 unspecified atom stereocenters. The summed E-state index contributed by atoms with van der Waals surface area (Å²) in [4.78, 5) is 5.78. The molecule has 0 saturated heterocycles. The lowest BCUT2D eigenvalue weighted by molar-refractivity contribution is -0.137. The number of benzene rings is 1. The van der Waals surface area contributed by atoms with Gasteiger partial charge in [0, 0.05) is 13.1 Å². The molecule has 0 atom stereocenters. The Morgan fingerprint density at radius 3 is 2.35 bits per heavy atom. The molecular formula is C12H13F3N2O2S. The van der Waals surface area contributed by atoms with Crippen LogP contribution in [0.1, 0.15) is 5.56 Å². The summed E-state index contributed by atoms with van der Waals surface area (Å²) < 4.78 is 38.5. The first-order valence-corrected chi connectivity index (χ1v) is 6.72. The zero-order valence-corrected chi connectivity index (χ0v) is 11.2. The molecule has 0 aliphatic heterocycles. The minimum Gasteiger partial charge on any atom is -0.395 e. The van der Waals surface area contributed by atoms with Crippen molar-refractivity contribution in [1.82, 2.24) is 4.98 Å². The van der Waals surface area contributed by atoms with Crippen LogP contribution >= 0.6 is 11.3 Å². The third-order valence-electron chi connectivity index (χ3n) is 2.71. The second kappa shape index (κ2) is 5.94. The van der Waals surface area contributed by atoms with Crippen molar-refractivity contribution in [3.8, 4) is 0 Å². The highest BCUT2D eigenvalue weighted by atomic mass is 32.1. The molecule has 0 aliphatic carbocycles. The Morgan fingerprint density at radius 1 is 1.15 bits per heavy atom. The summed E-state index contributed by atoms with van der Waals surface area (Å²) in [5.74, 6) is 0. The van der Waals surface area contributed by atoms with Crippen LogP contribution in [-0.4, -0.2) is 41.5 Å². The Bertz CT molecular complexity index is 580. The van der Waals surface area contributed by atoms with E-state index in [4.69, 9.17) is 10.2 Å². The normalized spacial score (nSPS) is 12.1. The number of aliphatic hydroxyl groups is 2. The molecule has 110 valence electrons. The van der Waals surface area contributed by atoms with E-state index in [-0.39, 0.29) is 31.8 Å². The van der Waals surface area contributed by atoms with Gasteiger partial charge in [-0.3, -0.25) is 0 Å². The first-order chi connectivity index (χ1) is 9.45. The lowest BCUT2D eigenvalue weighted by Crippen LogP contribution is -2.29. The lowest BCUT2D eigenvalue weighted by Gasteiger charge is -2.18. The van der Waals surface area contributed by atoms with Crippen molar-refractivity contribution in [2.24, 2.45) is 0 Å². The molecule has 0 amide bonds. The van der Waals surface area contributed by atoms with Gasteiger partial charge in [0.05, 0.1) is 29.0 Å². The highest BCUT2D eigenvalue weighted by Crippen LogP contribution is 2.34. The fourth-order valence-corrected chi connectivity index (χ4v) is 2.77. The maximum absolute atomic E-state index is 12.6. The first-order valence-electron chi connectivity index (χ1n) is 5.90. The Kier molecular flexibility index (Phi) is 4.46. The van der Waals surface area contributed by atoms with Crippen molar-refractivity contribution in [3.05, 3.63) is 23.8 Å². The SMILES string of the molecule is OCCN(CCO)c1nc2cc(C(F)(F)F)ccc2s1. The molecule has 0 aliphatic rings. The van der Waals surface area contributed by atoms with Crippen LogP contribution in [0.3, 0.4) is 0 Å². The average molecular weight is 306 g/mol. The molecule has 0 bridgehead atoms. The predicted octanol–water partition coefficient (Wildman–Crippen LogP) is 2.11. The lowest BCUT2D eigenvalue weighted by atomic mass is 10.2. The Balaban J connectivity index is 2.37. The van der Waals surface area contributed by atoms with Gasteiger partial charge in [0.1, 0.15) is 0 Å². The molecular weight excluding hydrogens is 293 g/mol. The number of aliphatic hydroxyl groups excluding tert-OH is 2. The molecule has 0 spiro atoms. The van der Waals surface area contributed by atoms with Gasteiger partial charge in [-0.1, -0.05) is 11.3 Å². The van der Waals surface area contributed by atoms with Gasteiger partial charge in [-0.2, -0.15) is 13.2 Å². The number of nitrogens with zero attached hydrogens (tertiary/aromatic N) is 2. The van der Waals surface area contributed by atoms with Crippen LogP contribution in [0.15, 0.2) is 18.2 Å². The quantitative estimate of drug-likeness (QED) is 0.888. The number of alkyl halides is 3. The number of fused-ring (bicyclic) bond motifs is 1. The van der Waals surface area contributed by atoms with E-state index in [9.17, 15) is 13.2 Å². The van der Waals surface area contributed by atoms with Crippen LogP contribution in [0.2, 0.25) is 0 Å². The van der Waals surface area contributed by atoms with Crippen molar-refractivity contribution in [2.75, 3.05) is 31.2 Å². The second-order valence-electron chi connectivity index (χ2n) is 4.11. The Labute approximate surface area is 117 Å². The van der Waals surface area contributed by atoms with Crippen molar-refractivity contribution < 1.29 is 23.4 Å². The van der Waals surface area contributed by atoms with Gasteiger partial charge in [0.2, 0.25) is 0 Å². The van der Waals surface area contributed by atoms with Crippen LogP contribution in [0.5, 0.6) is 0 Å². The molecule has 20 heavy (non-hydrogen) atoms. The topological polar surface area (TPSA) is 56.6 Å². The van der Waals surface area contributed by atoms with E-state index in [2.05, 4.69) is 4.98 Å². The standard InChI is InChI=1S/C12H13F3N2O2S/c13-12(14,15)8-1-2-10-9(7-8)16-11(20-10)17(3-5-18)4-6-19/h1-2,7,18-19H,3-6H2. The molecule has 1 aromatic heterocycles. The zero-order valence-electron chi connectivity index (χ0n) is 10.4. The van der Waals surface area contributed by atoms with Crippen LogP contribution in [0.25, 0.3) is 10.2 Å². The first kappa shape index (κ1) is 15.0. The zero-order chi connectivity index (χ0) is 14.8. The third-order valence-corrected chi connectivity index (χ3v) is 3.81. The molecule has 0 radical (unpaired) electrons. The van der Waals surface area contributed by atoms with E-state index >= 15 is 0 Å². The van der Waals surface area contributed by atoms with E-state index in [0.29, 0.717) is 9.83 Å². The Hall–Kier alpha value is -1.38. The molecule has 8 heteroatoms. The number of hydrogen-bond acceptors (Lipinski definition) is 5. The second-order valence-corrected chi connectivity index (χ2v) is 5.12. The van der Waals surface area contributed by atoms with Gasteiger partial charge < -0.3 is 15.1 Å². The maximum Gasteiger partial charge on any atom is 0.416 e. The highest BCUT2D eigenvalue weighted by molar-refractivity contribution is 7.22. The molecule has 4 nitrogen and oxygen atoms in total. The summed E-state index contributed by atoms with van der Waals surface area (Å²) in [7, 11) is 0. The van der Waals surface area contributed by atoms with E-state index < -0.39 is 11.7 Å². The van der Waals surface area contributed by atoms with Gasteiger partial charge in [-0.25, -0.2) is 4.98 Å². The summed E-state index contributed by atoms with van der Waals surface area (Å²) in [6, 6.07) is 3.41. The van der Waals surface area contributed by atoms with Crippen LogP contribution < -0.4 is 4.90 Å². The Morgan fingerprint density at radius 2 is 1.80 bits per heavy atom. The molecule has 1 heterocycles. The maximum atomic E-state index is 12.6. The summed E-state index contributed by atoms with van der Waals surface area (Å²) in [5, 5.41) is 18.4. The minimum absolute atomic E-state index is 0.121. The number of thiazole rings is 1. The van der Waals surface area contributed by atoms with Crippen molar-refractivity contribution in [3.63, 3.8) is 0 Å².